The van der Waals surface area contributed by atoms with Crippen LogP contribution in [0.5, 0.6) is 0 Å². The third-order valence-electron chi connectivity index (χ3n) is 6.61. The topological polar surface area (TPSA) is 67.5 Å². The standard InChI is InChI=1S/C27H26N6O/c1-19-15-23-21(18-34)9-5-10-24(23)32(19)27-29-26(28-16-20-7-3-2-4-8-20)25-12-11-22(33(25)30-27)17-31-13-6-14-31/h2-5,7-12,15,18H,6,13-14,16-17H2,1H3,(H,28,29,30). The van der Waals surface area contributed by atoms with Gasteiger partial charge in [-0.05, 0) is 56.3 Å². The molecule has 170 valence electrons. The minimum absolute atomic E-state index is 0.583. The van der Waals surface area contributed by atoms with E-state index in [1.165, 1.54) is 12.0 Å². The second-order valence-electron chi connectivity index (χ2n) is 8.87. The van der Waals surface area contributed by atoms with Gasteiger partial charge in [0.1, 0.15) is 5.52 Å². The number of nitrogens with one attached hydrogen (secondary N) is 1. The van der Waals surface area contributed by atoms with E-state index < -0.39 is 0 Å². The van der Waals surface area contributed by atoms with Crippen LogP contribution in [-0.4, -0.2) is 43.4 Å². The molecule has 6 rings (SSSR count). The van der Waals surface area contributed by atoms with Gasteiger partial charge in [-0.25, -0.2) is 4.52 Å². The number of benzene rings is 2. The van der Waals surface area contributed by atoms with Crippen molar-refractivity contribution in [3.05, 3.63) is 89.2 Å². The molecule has 0 radical (unpaired) electrons. The molecule has 7 nitrogen and oxygen atoms in total. The maximum atomic E-state index is 11.6. The molecule has 0 atom stereocenters. The summed E-state index contributed by atoms with van der Waals surface area (Å²) in [6, 6.07) is 22.3. The minimum Gasteiger partial charge on any atom is -0.364 e. The third-order valence-corrected chi connectivity index (χ3v) is 6.61. The Labute approximate surface area is 197 Å². The van der Waals surface area contributed by atoms with Crippen molar-refractivity contribution < 1.29 is 4.79 Å². The second kappa shape index (κ2) is 8.43. The molecule has 0 spiro atoms. The summed E-state index contributed by atoms with van der Waals surface area (Å²) in [4.78, 5) is 19.0. The number of aldehydes is 1. The molecular weight excluding hydrogens is 424 g/mol. The lowest BCUT2D eigenvalue weighted by Gasteiger charge is -2.30. The molecule has 7 heteroatoms. The highest BCUT2D eigenvalue weighted by Crippen LogP contribution is 2.27. The van der Waals surface area contributed by atoms with Crippen LogP contribution in [0.3, 0.4) is 0 Å². The van der Waals surface area contributed by atoms with Gasteiger partial charge in [-0.15, -0.1) is 5.10 Å². The summed E-state index contributed by atoms with van der Waals surface area (Å²) in [5.74, 6) is 1.37. The van der Waals surface area contributed by atoms with E-state index in [0.717, 1.165) is 59.5 Å². The van der Waals surface area contributed by atoms with Crippen molar-refractivity contribution in [1.82, 2.24) is 24.1 Å². The van der Waals surface area contributed by atoms with Crippen molar-refractivity contribution in [2.45, 2.75) is 26.4 Å². The van der Waals surface area contributed by atoms with Crippen LogP contribution in [0.2, 0.25) is 0 Å². The first kappa shape index (κ1) is 20.6. The van der Waals surface area contributed by atoms with Gasteiger partial charge < -0.3 is 5.32 Å². The Morgan fingerprint density at radius 1 is 1.00 bits per heavy atom. The number of rotatable bonds is 7. The predicted molar refractivity (Wildman–Crippen MR) is 134 cm³/mol. The Bertz CT molecular complexity index is 1500. The largest absolute Gasteiger partial charge is 0.364 e. The Hall–Kier alpha value is -3.97. The van der Waals surface area contributed by atoms with E-state index in [-0.39, 0.29) is 0 Å². The number of nitrogens with zero attached hydrogens (tertiary/aromatic N) is 5. The molecule has 2 aromatic carbocycles. The number of aryl methyl sites for hydroxylation is 1. The van der Waals surface area contributed by atoms with Gasteiger partial charge in [-0.2, -0.15) is 4.98 Å². The summed E-state index contributed by atoms with van der Waals surface area (Å²) in [7, 11) is 0. The maximum Gasteiger partial charge on any atom is 0.254 e. The summed E-state index contributed by atoms with van der Waals surface area (Å²) < 4.78 is 4.05. The van der Waals surface area contributed by atoms with Crippen LogP contribution < -0.4 is 5.32 Å². The van der Waals surface area contributed by atoms with Crippen LogP contribution in [0.15, 0.2) is 66.7 Å². The first-order valence-corrected chi connectivity index (χ1v) is 11.7. The van der Waals surface area contributed by atoms with Gasteiger partial charge in [0.25, 0.3) is 5.95 Å². The van der Waals surface area contributed by atoms with Gasteiger partial charge in [-0.3, -0.25) is 14.3 Å². The summed E-state index contributed by atoms with van der Waals surface area (Å²) >= 11 is 0. The molecule has 1 saturated heterocycles. The van der Waals surface area contributed by atoms with E-state index in [1.54, 1.807) is 0 Å². The lowest BCUT2D eigenvalue weighted by atomic mass is 10.1. The molecule has 34 heavy (non-hydrogen) atoms. The fourth-order valence-electron chi connectivity index (χ4n) is 4.69. The zero-order chi connectivity index (χ0) is 23.1. The molecule has 4 heterocycles. The van der Waals surface area contributed by atoms with Crippen molar-refractivity contribution in [3.63, 3.8) is 0 Å². The molecule has 1 aliphatic heterocycles. The monoisotopic (exact) mass is 450 g/mol. The molecule has 1 N–H and O–H groups in total. The zero-order valence-corrected chi connectivity index (χ0v) is 19.1. The van der Waals surface area contributed by atoms with Crippen molar-refractivity contribution in [3.8, 4) is 5.95 Å². The van der Waals surface area contributed by atoms with Crippen molar-refractivity contribution in [2.24, 2.45) is 0 Å². The molecule has 3 aromatic heterocycles. The molecule has 0 unspecified atom stereocenters. The summed E-state index contributed by atoms with van der Waals surface area (Å²) in [5.41, 5.74) is 5.86. The molecular formula is C27H26N6O. The van der Waals surface area contributed by atoms with E-state index in [4.69, 9.17) is 10.1 Å². The summed E-state index contributed by atoms with van der Waals surface area (Å²) in [5, 5.41) is 9.43. The van der Waals surface area contributed by atoms with Crippen molar-refractivity contribution in [1.29, 1.82) is 0 Å². The minimum atomic E-state index is 0.583. The average molecular weight is 451 g/mol. The normalized spacial score (nSPS) is 13.9. The molecule has 5 aromatic rings. The van der Waals surface area contributed by atoms with Crippen LogP contribution in [-0.2, 0) is 13.1 Å². The second-order valence-corrected chi connectivity index (χ2v) is 8.87. The lowest BCUT2D eigenvalue weighted by molar-refractivity contribution is 0.112. The molecule has 1 aliphatic rings. The third kappa shape index (κ3) is 3.54. The number of anilines is 1. The summed E-state index contributed by atoms with van der Waals surface area (Å²) in [6.07, 6.45) is 2.15. The maximum absolute atomic E-state index is 11.6. The molecule has 0 bridgehead atoms. The van der Waals surface area contributed by atoms with Crippen LogP contribution in [0.25, 0.3) is 22.4 Å². The Kier molecular flexibility index (Phi) is 5.11. The van der Waals surface area contributed by atoms with E-state index in [9.17, 15) is 4.79 Å². The number of likely N-dealkylation sites (tertiary alicyclic amines) is 1. The molecule has 0 aliphatic carbocycles. The van der Waals surface area contributed by atoms with Gasteiger partial charge in [0.05, 0.1) is 11.2 Å². The first-order valence-electron chi connectivity index (χ1n) is 11.7. The van der Waals surface area contributed by atoms with Gasteiger partial charge in [0.2, 0.25) is 0 Å². The van der Waals surface area contributed by atoms with Gasteiger partial charge in [0, 0.05) is 29.7 Å². The number of carbonyl (C=O) groups excluding carboxylic acids is 1. The van der Waals surface area contributed by atoms with E-state index in [0.29, 0.717) is 18.1 Å². The van der Waals surface area contributed by atoms with Gasteiger partial charge in [-0.1, -0.05) is 42.5 Å². The zero-order valence-electron chi connectivity index (χ0n) is 19.1. The van der Waals surface area contributed by atoms with Crippen LogP contribution >= 0.6 is 0 Å². The fraction of sp³-hybridized carbons (Fsp3) is 0.222. The highest BCUT2D eigenvalue weighted by Gasteiger charge is 2.20. The fourth-order valence-corrected chi connectivity index (χ4v) is 4.69. The van der Waals surface area contributed by atoms with E-state index >= 15 is 0 Å². The lowest BCUT2D eigenvalue weighted by Crippen LogP contribution is -2.36. The van der Waals surface area contributed by atoms with E-state index in [1.807, 2.05) is 58.5 Å². The van der Waals surface area contributed by atoms with Crippen LogP contribution in [0.1, 0.15) is 33.7 Å². The summed E-state index contributed by atoms with van der Waals surface area (Å²) in [6.45, 7) is 5.81. The SMILES string of the molecule is Cc1cc2c(C=O)cccc2n1-c1nc(NCc2ccccc2)c2ccc(CN3CCC3)n2n1. The number of fused-ring (bicyclic) bond motifs is 2. The smallest absolute Gasteiger partial charge is 0.254 e. The van der Waals surface area contributed by atoms with Crippen molar-refractivity contribution >= 4 is 28.5 Å². The Morgan fingerprint density at radius 3 is 2.62 bits per heavy atom. The Balaban J connectivity index is 1.50. The van der Waals surface area contributed by atoms with Crippen LogP contribution in [0, 0.1) is 6.92 Å². The van der Waals surface area contributed by atoms with E-state index in [2.05, 4.69) is 34.5 Å². The number of hydrogen-bond acceptors (Lipinski definition) is 5. The van der Waals surface area contributed by atoms with Gasteiger partial charge in [0.15, 0.2) is 12.1 Å². The molecule has 0 saturated carbocycles. The molecule has 0 amide bonds. The highest BCUT2D eigenvalue weighted by molar-refractivity contribution is 5.98. The highest BCUT2D eigenvalue weighted by atomic mass is 16.1. The number of aromatic nitrogens is 4. The average Bonchev–Trinajstić information content (AvgIpc) is 3.40. The van der Waals surface area contributed by atoms with Crippen LogP contribution in [0.4, 0.5) is 5.82 Å². The first-order chi connectivity index (χ1) is 16.7. The number of carbonyl (C=O) groups is 1. The molecule has 1 fully saturated rings. The van der Waals surface area contributed by atoms with Gasteiger partial charge >= 0.3 is 0 Å². The predicted octanol–water partition coefficient (Wildman–Crippen LogP) is 4.61. The Morgan fingerprint density at radius 2 is 1.85 bits per heavy atom. The number of hydrogen-bond donors (Lipinski definition) is 1. The quantitative estimate of drug-likeness (QED) is 0.367. The van der Waals surface area contributed by atoms with Crippen molar-refractivity contribution in [2.75, 3.05) is 18.4 Å².